The minimum absolute atomic E-state index is 0.00109. The van der Waals surface area contributed by atoms with Crippen molar-refractivity contribution in [2.24, 2.45) is 0 Å². The van der Waals surface area contributed by atoms with Crippen molar-refractivity contribution in [3.05, 3.63) is 78.9 Å². The largest absolute Gasteiger partial charge is 0.322 e. The van der Waals surface area contributed by atoms with Crippen LogP contribution in [-0.2, 0) is 4.79 Å². The van der Waals surface area contributed by atoms with Crippen molar-refractivity contribution >= 4 is 40.6 Å². The summed E-state index contributed by atoms with van der Waals surface area (Å²) in [4.78, 5) is 32.6. The van der Waals surface area contributed by atoms with Crippen molar-refractivity contribution in [1.29, 1.82) is 0 Å². The Balaban J connectivity index is 2.17. The second-order valence-corrected chi connectivity index (χ2v) is 5.40. The number of anilines is 1. The van der Waals surface area contributed by atoms with Crippen LogP contribution >= 0.6 is 11.6 Å². The van der Waals surface area contributed by atoms with Crippen molar-refractivity contribution in [1.82, 2.24) is 0 Å². The Morgan fingerprint density at radius 2 is 1.80 bits per heavy atom. The van der Waals surface area contributed by atoms with Gasteiger partial charge in [0.1, 0.15) is 5.02 Å². The fourth-order valence-corrected chi connectivity index (χ4v) is 2.26. The van der Waals surface area contributed by atoms with Crippen LogP contribution in [0.2, 0.25) is 5.02 Å². The van der Waals surface area contributed by atoms with Gasteiger partial charge >= 0.3 is 0 Å². The van der Waals surface area contributed by atoms with E-state index in [1.807, 2.05) is 0 Å². The van der Waals surface area contributed by atoms with Gasteiger partial charge in [-0.15, -0.1) is 0 Å². The number of halogens is 1. The molecule has 2 rings (SSSR count). The van der Waals surface area contributed by atoms with Crippen molar-refractivity contribution < 1.29 is 14.6 Å². The maximum absolute atomic E-state index is 12.0. The maximum atomic E-state index is 12.0. The van der Waals surface area contributed by atoms with E-state index < -0.39 is 15.8 Å². The molecule has 2 aromatic rings. The van der Waals surface area contributed by atoms with Crippen LogP contribution in [0.1, 0.15) is 11.1 Å². The molecule has 9 heteroatoms. The fraction of sp³-hybridized carbons (Fsp3) is 0.0625. The van der Waals surface area contributed by atoms with Crippen LogP contribution in [-0.4, -0.2) is 15.8 Å². The number of nitro groups is 2. The Kier molecular flexibility index (Phi) is 5.45. The first-order valence-electron chi connectivity index (χ1n) is 6.96. The predicted molar refractivity (Wildman–Crippen MR) is 93.6 cm³/mol. The Labute approximate surface area is 147 Å². The molecule has 128 valence electrons. The Bertz CT molecular complexity index is 895. The Morgan fingerprint density at radius 1 is 1.12 bits per heavy atom. The van der Waals surface area contributed by atoms with E-state index in [1.165, 1.54) is 49.4 Å². The SMILES string of the molecule is Cc1c(NC(=O)/C=C/c2ccc(Cl)c([N+](=O)[O-])c2)cccc1[N+](=O)[O-]. The Hall–Kier alpha value is -3.26. The molecule has 0 aliphatic carbocycles. The minimum atomic E-state index is -0.619. The summed E-state index contributed by atoms with van der Waals surface area (Å²) in [7, 11) is 0. The zero-order valence-electron chi connectivity index (χ0n) is 12.9. The number of nitrogens with one attached hydrogen (secondary N) is 1. The van der Waals surface area contributed by atoms with E-state index in [9.17, 15) is 25.0 Å². The molecule has 25 heavy (non-hydrogen) atoms. The van der Waals surface area contributed by atoms with Crippen LogP contribution in [0.5, 0.6) is 0 Å². The molecule has 0 aliphatic heterocycles. The van der Waals surface area contributed by atoms with Crippen LogP contribution in [0.15, 0.2) is 42.5 Å². The summed E-state index contributed by atoms with van der Waals surface area (Å²) < 4.78 is 0. The van der Waals surface area contributed by atoms with Gasteiger partial charge in [0.25, 0.3) is 11.4 Å². The van der Waals surface area contributed by atoms with Gasteiger partial charge in [-0.2, -0.15) is 0 Å². The molecule has 0 radical (unpaired) electrons. The predicted octanol–water partition coefficient (Wildman–Crippen LogP) is 4.12. The lowest BCUT2D eigenvalue weighted by molar-refractivity contribution is -0.385. The van der Waals surface area contributed by atoms with E-state index in [4.69, 9.17) is 11.6 Å². The second-order valence-electron chi connectivity index (χ2n) is 5.00. The summed E-state index contributed by atoms with van der Waals surface area (Å²) in [6.07, 6.45) is 2.55. The van der Waals surface area contributed by atoms with Crippen LogP contribution in [0, 0.1) is 27.2 Å². The van der Waals surface area contributed by atoms with E-state index in [1.54, 1.807) is 6.07 Å². The quantitative estimate of drug-likeness (QED) is 0.488. The average Bonchev–Trinajstić information content (AvgIpc) is 2.55. The fourth-order valence-electron chi connectivity index (χ4n) is 2.08. The Morgan fingerprint density at radius 3 is 2.44 bits per heavy atom. The van der Waals surface area contributed by atoms with Gasteiger partial charge in [-0.1, -0.05) is 23.7 Å². The van der Waals surface area contributed by atoms with Gasteiger partial charge in [0.05, 0.1) is 21.1 Å². The number of amides is 1. The first-order chi connectivity index (χ1) is 11.8. The van der Waals surface area contributed by atoms with Crippen LogP contribution in [0.3, 0.4) is 0 Å². The normalized spacial score (nSPS) is 10.6. The van der Waals surface area contributed by atoms with Gasteiger partial charge in [0, 0.05) is 18.2 Å². The van der Waals surface area contributed by atoms with Gasteiger partial charge < -0.3 is 5.32 Å². The van der Waals surface area contributed by atoms with Gasteiger partial charge in [-0.3, -0.25) is 25.0 Å². The molecule has 8 nitrogen and oxygen atoms in total. The molecule has 0 fully saturated rings. The third kappa shape index (κ3) is 4.39. The zero-order valence-corrected chi connectivity index (χ0v) is 13.7. The molecule has 0 unspecified atom stereocenters. The highest BCUT2D eigenvalue weighted by atomic mass is 35.5. The number of nitrogens with zero attached hydrogens (tertiary/aromatic N) is 2. The molecule has 1 N–H and O–H groups in total. The van der Waals surface area contributed by atoms with E-state index in [-0.39, 0.29) is 16.4 Å². The third-order valence-corrected chi connectivity index (χ3v) is 3.67. The number of hydrogen-bond acceptors (Lipinski definition) is 5. The summed E-state index contributed by atoms with van der Waals surface area (Å²) in [5.41, 5.74) is 0.693. The first-order valence-corrected chi connectivity index (χ1v) is 7.34. The molecule has 0 saturated heterocycles. The van der Waals surface area contributed by atoms with E-state index in [0.29, 0.717) is 16.8 Å². The molecule has 2 aromatic carbocycles. The average molecular weight is 362 g/mol. The summed E-state index contributed by atoms with van der Waals surface area (Å²) in [5.74, 6) is -0.527. The monoisotopic (exact) mass is 361 g/mol. The standard InChI is InChI=1S/C16H12ClN3O5/c1-10-13(3-2-4-14(10)19(22)23)18-16(21)8-6-11-5-7-12(17)15(9-11)20(24)25/h2-9H,1H3,(H,18,21)/b8-6+. The second kappa shape index (κ2) is 7.54. The highest BCUT2D eigenvalue weighted by Crippen LogP contribution is 2.26. The van der Waals surface area contributed by atoms with Crippen molar-refractivity contribution in [3.63, 3.8) is 0 Å². The maximum Gasteiger partial charge on any atom is 0.288 e. The topological polar surface area (TPSA) is 115 Å². The molecule has 0 spiro atoms. The van der Waals surface area contributed by atoms with Gasteiger partial charge in [0.2, 0.25) is 5.91 Å². The van der Waals surface area contributed by atoms with Gasteiger partial charge in [-0.05, 0) is 30.7 Å². The molecule has 0 aromatic heterocycles. The van der Waals surface area contributed by atoms with Crippen LogP contribution < -0.4 is 5.32 Å². The third-order valence-electron chi connectivity index (χ3n) is 3.35. The summed E-state index contributed by atoms with van der Waals surface area (Å²) in [6.45, 7) is 1.53. The highest BCUT2D eigenvalue weighted by Gasteiger charge is 2.14. The van der Waals surface area contributed by atoms with Gasteiger partial charge in [0.15, 0.2) is 0 Å². The molecule has 0 aliphatic rings. The number of carbonyl (C=O) groups excluding carboxylic acids is 1. The van der Waals surface area contributed by atoms with E-state index >= 15 is 0 Å². The van der Waals surface area contributed by atoms with Crippen molar-refractivity contribution in [2.45, 2.75) is 6.92 Å². The highest BCUT2D eigenvalue weighted by molar-refractivity contribution is 6.32. The molecule has 0 saturated carbocycles. The van der Waals surface area contributed by atoms with E-state index in [0.717, 1.165) is 0 Å². The summed E-state index contributed by atoms with van der Waals surface area (Å²) in [5, 5.41) is 24.3. The van der Waals surface area contributed by atoms with Crippen molar-refractivity contribution in [2.75, 3.05) is 5.32 Å². The molecular weight excluding hydrogens is 350 g/mol. The first kappa shape index (κ1) is 18.1. The number of rotatable bonds is 5. The molecule has 1 amide bonds. The van der Waals surface area contributed by atoms with Gasteiger partial charge in [-0.25, -0.2) is 0 Å². The van der Waals surface area contributed by atoms with E-state index in [2.05, 4.69) is 5.32 Å². The number of carbonyl (C=O) groups is 1. The zero-order chi connectivity index (χ0) is 18.6. The summed E-state index contributed by atoms with van der Waals surface area (Å²) in [6, 6.07) is 8.48. The van der Waals surface area contributed by atoms with Crippen molar-refractivity contribution in [3.8, 4) is 0 Å². The number of hydrogen-bond donors (Lipinski definition) is 1. The molecular formula is C16H12ClN3O5. The number of nitro benzene ring substituents is 2. The lowest BCUT2D eigenvalue weighted by Crippen LogP contribution is -2.09. The van der Waals surface area contributed by atoms with Crippen LogP contribution in [0.25, 0.3) is 6.08 Å². The lowest BCUT2D eigenvalue weighted by atomic mass is 10.1. The smallest absolute Gasteiger partial charge is 0.288 e. The minimum Gasteiger partial charge on any atom is -0.322 e. The summed E-state index contributed by atoms with van der Waals surface area (Å²) >= 11 is 5.72. The van der Waals surface area contributed by atoms with Crippen LogP contribution in [0.4, 0.5) is 17.1 Å². The number of benzene rings is 2. The lowest BCUT2D eigenvalue weighted by Gasteiger charge is -2.06. The molecule has 0 atom stereocenters. The molecule has 0 bridgehead atoms. The molecule has 0 heterocycles.